The third-order valence-electron chi connectivity index (χ3n) is 1.96. The molecule has 0 aliphatic rings. The van der Waals surface area contributed by atoms with Crippen LogP contribution in [0.25, 0.3) is 0 Å². The van der Waals surface area contributed by atoms with E-state index in [1.54, 1.807) is 6.07 Å². The molecule has 1 aromatic heterocycles. The van der Waals surface area contributed by atoms with Gasteiger partial charge in [-0.2, -0.15) is 5.26 Å². The summed E-state index contributed by atoms with van der Waals surface area (Å²) in [5, 5.41) is 8.47. The Morgan fingerprint density at radius 2 is 2.06 bits per heavy atom. The molecule has 1 aromatic rings. The average Bonchev–Trinajstić information content (AvgIpc) is 2.20. The first kappa shape index (κ1) is 13.2. The van der Waals surface area contributed by atoms with Gasteiger partial charge in [0.05, 0.1) is 18.2 Å². The summed E-state index contributed by atoms with van der Waals surface area (Å²) in [4.78, 5) is 3.64. The van der Waals surface area contributed by atoms with Crippen molar-refractivity contribution in [2.45, 2.75) is 26.4 Å². The van der Waals surface area contributed by atoms with Gasteiger partial charge in [-0.05, 0) is 18.6 Å². The Morgan fingerprint density at radius 3 is 2.53 bits per heavy atom. The van der Waals surface area contributed by atoms with Gasteiger partial charge in [0.25, 0.3) is 0 Å². The number of hydrogen-bond donors (Lipinski definition) is 0. The number of nitriles is 1. The lowest BCUT2D eigenvalue weighted by Gasteiger charge is -2.13. The van der Waals surface area contributed by atoms with Gasteiger partial charge < -0.3 is 4.74 Å². The third-order valence-corrected chi connectivity index (χ3v) is 1.96. The number of ether oxygens (including phenoxy) is 1. The maximum absolute atomic E-state index is 12.5. The lowest BCUT2D eigenvalue weighted by Crippen LogP contribution is -2.19. The molecule has 0 saturated carbocycles. The Balaban J connectivity index is 3.15. The Morgan fingerprint density at radius 1 is 1.41 bits per heavy atom. The molecule has 0 spiro atoms. The molecule has 0 atom stereocenters. The van der Waals surface area contributed by atoms with E-state index in [9.17, 15) is 17.6 Å². The molecule has 0 N–H and O–H groups in total. The van der Waals surface area contributed by atoms with E-state index < -0.39 is 24.5 Å². The highest BCUT2D eigenvalue weighted by Gasteiger charge is 2.32. The fraction of sp³-hybridized carbons (Fsp3) is 0.400. The summed E-state index contributed by atoms with van der Waals surface area (Å²) in [6.07, 6.45) is -4.99. The van der Waals surface area contributed by atoms with E-state index >= 15 is 0 Å². The standard InChI is InChI=1S/C10H8F4N2O/c1-6-4-9(17-10(12,13)14)8(5-11)16-7(6)2-3-15/h4H,2,5H2,1H3. The van der Waals surface area contributed by atoms with Crippen molar-refractivity contribution in [2.24, 2.45) is 0 Å². The fourth-order valence-corrected chi connectivity index (χ4v) is 1.23. The van der Waals surface area contributed by atoms with E-state index in [4.69, 9.17) is 5.26 Å². The highest BCUT2D eigenvalue weighted by atomic mass is 19.4. The molecule has 3 nitrogen and oxygen atoms in total. The Hall–Kier alpha value is -1.84. The summed E-state index contributed by atoms with van der Waals surface area (Å²) >= 11 is 0. The minimum Gasteiger partial charge on any atom is -0.404 e. The van der Waals surface area contributed by atoms with Crippen LogP contribution >= 0.6 is 0 Å². The number of halogens is 4. The van der Waals surface area contributed by atoms with E-state index in [2.05, 4.69) is 9.72 Å². The summed E-state index contributed by atoms with van der Waals surface area (Å²) in [6.45, 7) is 0.287. The second-order valence-corrected chi connectivity index (χ2v) is 3.21. The first-order chi connectivity index (χ1) is 7.87. The zero-order valence-electron chi connectivity index (χ0n) is 8.81. The van der Waals surface area contributed by atoms with Crippen molar-refractivity contribution < 1.29 is 22.3 Å². The van der Waals surface area contributed by atoms with Crippen LogP contribution in [0.5, 0.6) is 5.75 Å². The number of alkyl halides is 4. The van der Waals surface area contributed by atoms with Crippen molar-refractivity contribution in [1.82, 2.24) is 4.98 Å². The zero-order valence-corrected chi connectivity index (χ0v) is 8.81. The topological polar surface area (TPSA) is 45.9 Å². The molecular formula is C10H8F4N2O. The quantitative estimate of drug-likeness (QED) is 0.772. The predicted octanol–water partition coefficient (Wildman–Crippen LogP) is 2.82. The normalized spacial score (nSPS) is 11.1. The van der Waals surface area contributed by atoms with Gasteiger partial charge in [-0.15, -0.1) is 13.2 Å². The average molecular weight is 248 g/mol. The summed E-state index contributed by atoms with van der Waals surface area (Å²) in [7, 11) is 0. The molecule has 17 heavy (non-hydrogen) atoms. The van der Waals surface area contributed by atoms with Gasteiger partial charge in [0.1, 0.15) is 12.4 Å². The summed E-state index contributed by atoms with van der Waals surface area (Å²) in [5.41, 5.74) is 0.135. The molecule has 0 aliphatic carbocycles. The van der Waals surface area contributed by atoms with E-state index in [0.29, 0.717) is 5.56 Å². The number of rotatable bonds is 3. The van der Waals surface area contributed by atoms with Crippen molar-refractivity contribution in [1.29, 1.82) is 5.26 Å². The number of pyridine rings is 1. The Bertz CT molecular complexity index is 451. The minimum absolute atomic E-state index is 0.0921. The fourth-order valence-electron chi connectivity index (χ4n) is 1.23. The van der Waals surface area contributed by atoms with E-state index in [-0.39, 0.29) is 12.1 Å². The van der Waals surface area contributed by atoms with Crippen molar-refractivity contribution in [3.05, 3.63) is 23.0 Å². The Labute approximate surface area is 94.6 Å². The molecule has 0 unspecified atom stereocenters. The van der Waals surface area contributed by atoms with Gasteiger partial charge in [0.15, 0.2) is 5.75 Å². The molecule has 0 saturated heterocycles. The molecule has 1 rings (SSSR count). The molecule has 92 valence electrons. The summed E-state index contributed by atoms with van der Waals surface area (Å²) < 4.78 is 52.2. The summed E-state index contributed by atoms with van der Waals surface area (Å²) in [6, 6.07) is 2.83. The molecule has 0 bridgehead atoms. The van der Waals surface area contributed by atoms with E-state index in [1.165, 1.54) is 6.92 Å². The lowest BCUT2D eigenvalue weighted by molar-refractivity contribution is -0.275. The second kappa shape index (κ2) is 4.99. The summed E-state index contributed by atoms with van der Waals surface area (Å²) in [5.74, 6) is -0.667. The molecule has 1 heterocycles. The molecule has 0 amide bonds. The van der Waals surface area contributed by atoms with Gasteiger partial charge in [-0.1, -0.05) is 0 Å². The smallest absolute Gasteiger partial charge is 0.404 e. The third kappa shape index (κ3) is 3.59. The van der Waals surface area contributed by atoms with E-state index in [0.717, 1.165) is 6.07 Å². The van der Waals surface area contributed by atoms with Gasteiger partial charge in [-0.25, -0.2) is 9.37 Å². The highest BCUT2D eigenvalue weighted by molar-refractivity contribution is 5.35. The minimum atomic E-state index is -4.89. The van der Waals surface area contributed by atoms with Crippen molar-refractivity contribution in [3.63, 3.8) is 0 Å². The van der Waals surface area contributed by atoms with Crippen LogP contribution in [0.2, 0.25) is 0 Å². The predicted molar refractivity (Wildman–Crippen MR) is 49.8 cm³/mol. The second-order valence-electron chi connectivity index (χ2n) is 3.21. The first-order valence-electron chi connectivity index (χ1n) is 4.55. The van der Waals surface area contributed by atoms with Gasteiger partial charge >= 0.3 is 6.36 Å². The monoisotopic (exact) mass is 248 g/mol. The van der Waals surface area contributed by atoms with Crippen LogP contribution in [0.15, 0.2) is 6.07 Å². The molecule has 0 aromatic carbocycles. The SMILES string of the molecule is Cc1cc(OC(F)(F)F)c(CF)nc1CC#N. The number of aryl methyl sites for hydroxylation is 1. The van der Waals surface area contributed by atoms with Crippen LogP contribution in [0, 0.1) is 18.3 Å². The van der Waals surface area contributed by atoms with Crippen LogP contribution in [-0.4, -0.2) is 11.3 Å². The maximum Gasteiger partial charge on any atom is 0.573 e. The van der Waals surface area contributed by atoms with Crippen LogP contribution in [0.4, 0.5) is 17.6 Å². The van der Waals surface area contributed by atoms with Crippen LogP contribution < -0.4 is 4.74 Å². The largest absolute Gasteiger partial charge is 0.573 e. The van der Waals surface area contributed by atoms with E-state index in [1.807, 2.05) is 0 Å². The molecule has 0 aliphatic heterocycles. The van der Waals surface area contributed by atoms with Gasteiger partial charge in [-0.3, -0.25) is 0 Å². The number of nitrogens with zero attached hydrogens (tertiary/aromatic N) is 2. The maximum atomic E-state index is 12.5. The molecule has 7 heteroatoms. The zero-order chi connectivity index (χ0) is 13.1. The lowest BCUT2D eigenvalue weighted by atomic mass is 10.1. The van der Waals surface area contributed by atoms with Crippen molar-refractivity contribution >= 4 is 0 Å². The van der Waals surface area contributed by atoms with Crippen LogP contribution in [0.3, 0.4) is 0 Å². The van der Waals surface area contributed by atoms with Gasteiger partial charge in [0, 0.05) is 0 Å². The number of hydrogen-bond acceptors (Lipinski definition) is 3. The molecular weight excluding hydrogens is 240 g/mol. The Kier molecular flexibility index (Phi) is 3.89. The highest BCUT2D eigenvalue weighted by Crippen LogP contribution is 2.28. The number of aromatic nitrogens is 1. The molecule has 0 fully saturated rings. The van der Waals surface area contributed by atoms with Gasteiger partial charge in [0.2, 0.25) is 0 Å². The van der Waals surface area contributed by atoms with Crippen molar-refractivity contribution in [2.75, 3.05) is 0 Å². The first-order valence-corrected chi connectivity index (χ1v) is 4.55. The van der Waals surface area contributed by atoms with Crippen LogP contribution in [-0.2, 0) is 13.1 Å². The molecule has 0 radical (unpaired) electrons. The van der Waals surface area contributed by atoms with Crippen LogP contribution in [0.1, 0.15) is 17.0 Å². The van der Waals surface area contributed by atoms with Crippen molar-refractivity contribution in [3.8, 4) is 11.8 Å².